The van der Waals surface area contributed by atoms with E-state index in [9.17, 15) is 22.8 Å². The van der Waals surface area contributed by atoms with Gasteiger partial charge in [-0.2, -0.15) is 13.2 Å². The van der Waals surface area contributed by atoms with Crippen LogP contribution in [0.5, 0.6) is 0 Å². The number of benzene rings is 1. The van der Waals surface area contributed by atoms with Crippen molar-refractivity contribution in [2.45, 2.75) is 26.1 Å². The quantitative estimate of drug-likeness (QED) is 0.881. The highest BCUT2D eigenvalue weighted by atomic mass is 35.5. The lowest BCUT2D eigenvalue weighted by Crippen LogP contribution is -2.53. The van der Waals surface area contributed by atoms with Crippen molar-refractivity contribution >= 4 is 29.1 Å². The molecule has 0 aromatic heterocycles. The summed E-state index contributed by atoms with van der Waals surface area (Å²) < 4.78 is 39.3. The van der Waals surface area contributed by atoms with Crippen LogP contribution in [0.1, 0.15) is 19.4 Å². The first-order valence-electron chi connectivity index (χ1n) is 7.76. The molecule has 138 valence electrons. The molecule has 1 saturated heterocycles. The Labute approximate surface area is 148 Å². The lowest BCUT2D eigenvalue weighted by molar-refractivity contribution is -0.137. The van der Waals surface area contributed by atoms with E-state index in [1.165, 1.54) is 13.0 Å². The predicted molar refractivity (Wildman–Crippen MR) is 88.4 cm³/mol. The Hall–Kier alpha value is -1.80. The number of nitrogens with zero attached hydrogens (tertiary/aromatic N) is 2. The minimum absolute atomic E-state index is 0.0345. The molecule has 1 aliphatic heterocycles. The van der Waals surface area contributed by atoms with Crippen molar-refractivity contribution in [2.75, 3.05) is 31.5 Å². The summed E-state index contributed by atoms with van der Waals surface area (Å²) in [7, 11) is 0. The van der Waals surface area contributed by atoms with Crippen LogP contribution >= 0.6 is 11.6 Å². The molecule has 0 bridgehead atoms. The third-order valence-corrected chi connectivity index (χ3v) is 4.47. The fourth-order valence-electron chi connectivity index (χ4n) is 2.69. The molecule has 25 heavy (non-hydrogen) atoms. The molecule has 1 aromatic rings. The van der Waals surface area contributed by atoms with Crippen LogP contribution in [0.3, 0.4) is 0 Å². The predicted octanol–water partition coefficient (Wildman–Crippen LogP) is 2.85. The van der Waals surface area contributed by atoms with Gasteiger partial charge in [0.1, 0.15) is 0 Å². The molecule has 1 N–H and O–H groups in total. The van der Waals surface area contributed by atoms with Crippen molar-refractivity contribution in [3.8, 4) is 0 Å². The van der Waals surface area contributed by atoms with Crippen molar-refractivity contribution in [3.05, 3.63) is 28.8 Å². The van der Waals surface area contributed by atoms with Gasteiger partial charge < -0.3 is 10.2 Å². The minimum Gasteiger partial charge on any atom is -0.340 e. The van der Waals surface area contributed by atoms with Crippen LogP contribution in [0.2, 0.25) is 5.02 Å². The standard InChI is InChI=1S/C16H19ClF3N3O2/c1-10(22-5-7-23(8-6-22)11(2)24)15(25)21-14-4-3-12(17)9-13(14)16(18,19)20/h3-4,9-10H,5-8H2,1-2H3,(H,21,25). The van der Waals surface area contributed by atoms with Gasteiger partial charge in [-0.15, -0.1) is 0 Å². The van der Waals surface area contributed by atoms with Crippen molar-refractivity contribution < 1.29 is 22.8 Å². The SMILES string of the molecule is CC(=O)N1CCN(C(C)C(=O)Nc2ccc(Cl)cc2C(F)(F)F)CC1. The number of anilines is 1. The van der Waals surface area contributed by atoms with Gasteiger partial charge in [-0.25, -0.2) is 0 Å². The molecule has 1 fully saturated rings. The second-order valence-electron chi connectivity index (χ2n) is 5.89. The summed E-state index contributed by atoms with van der Waals surface area (Å²) in [6.07, 6.45) is -4.62. The fourth-order valence-corrected chi connectivity index (χ4v) is 2.86. The number of amides is 2. The van der Waals surface area contributed by atoms with E-state index in [0.717, 1.165) is 12.1 Å². The third-order valence-electron chi connectivity index (χ3n) is 4.23. The van der Waals surface area contributed by atoms with Crippen molar-refractivity contribution in [3.63, 3.8) is 0 Å². The van der Waals surface area contributed by atoms with Crippen LogP contribution in [0, 0.1) is 0 Å². The van der Waals surface area contributed by atoms with Crippen molar-refractivity contribution in [2.24, 2.45) is 0 Å². The van der Waals surface area contributed by atoms with E-state index in [1.807, 2.05) is 4.90 Å². The first kappa shape index (κ1) is 19.5. The number of carbonyl (C=O) groups excluding carboxylic acids is 2. The maximum absolute atomic E-state index is 13.1. The molecule has 2 rings (SSSR count). The molecule has 0 radical (unpaired) electrons. The largest absolute Gasteiger partial charge is 0.418 e. The normalized spacial score (nSPS) is 17.3. The van der Waals surface area contributed by atoms with Gasteiger partial charge in [-0.3, -0.25) is 14.5 Å². The Morgan fingerprint density at radius 2 is 1.80 bits per heavy atom. The Bertz CT molecular complexity index is 659. The molecule has 0 saturated carbocycles. The second kappa shape index (κ2) is 7.61. The topological polar surface area (TPSA) is 52.7 Å². The lowest BCUT2D eigenvalue weighted by atomic mass is 10.1. The van der Waals surface area contributed by atoms with E-state index in [4.69, 9.17) is 11.6 Å². The minimum atomic E-state index is -4.62. The zero-order valence-corrected chi connectivity index (χ0v) is 14.6. The first-order valence-corrected chi connectivity index (χ1v) is 8.14. The zero-order valence-electron chi connectivity index (χ0n) is 13.9. The molecule has 1 atom stereocenters. The fraction of sp³-hybridized carbons (Fsp3) is 0.500. The number of alkyl halides is 3. The van der Waals surface area contributed by atoms with Gasteiger partial charge in [0.25, 0.3) is 0 Å². The highest BCUT2D eigenvalue weighted by Crippen LogP contribution is 2.36. The summed E-state index contributed by atoms with van der Waals surface area (Å²) >= 11 is 5.63. The van der Waals surface area contributed by atoms with Gasteiger partial charge in [0.05, 0.1) is 17.3 Å². The maximum Gasteiger partial charge on any atom is 0.418 e. The average Bonchev–Trinajstić information content (AvgIpc) is 2.54. The van der Waals surface area contributed by atoms with E-state index in [2.05, 4.69) is 5.32 Å². The molecule has 1 aromatic carbocycles. The number of halogens is 4. The molecule has 1 aliphatic rings. The molecule has 2 amide bonds. The van der Waals surface area contributed by atoms with Crippen LogP contribution < -0.4 is 5.32 Å². The number of carbonyl (C=O) groups is 2. The Balaban J connectivity index is 2.06. The zero-order chi connectivity index (χ0) is 18.8. The molecule has 5 nitrogen and oxygen atoms in total. The van der Waals surface area contributed by atoms with Crippen LogP contribution in [0.25, 0.3) is 0 Å². The van der Waals surface area contributed by atoms with Crippen LogP contribution in [0.15, 0.2) is 18.2 Å². The van der Waals surface area contributed by atoms with E-state index in [0.29, 0.717) is 26.2 Å². The molecule has 9 heteroatoms. The summed E-state index contributed by atoms with van der Waals surface area (Å²) in [6, 6.07) is 2.60. The Morgan fingerprint density at radius 1 is 1.20 bits per heavy atom. The number of nitrogens with one attached hydrogen (secondary N) is 1. The molecular formula is C16H19ClF3N3O2. The van der Waals surface area contributed by atoms with E-state index in [1.54, 1.807) is 11.8 Å². The molecule has 1 heterocycles. The first-order chi connectivity index (χ1) is 11.6. The second-order valence-corrected chi connectivity index (χ2v) is 6.33. The third kappa shape index (κ3) is 4.85. The van der Waals surface area contributed by atoms with Crippen LogP contribution in [0.4, 0.5) is 18.9 Å². The van der Waals surface area contributed by atoms with E-state index in [-0.39, 0.29) is 16.6 Å². The van der Waals surface area contributed by atoms with Crippen molar-refractivity contribution in [1.82, 2.24) is 9.80 Å². The van der Waals surface area contributed by atoms with Crippen LogP contribution in [-0.2, 0) is 15.8 Å². The monoisotopic (exact) mass is 377 g/mol. The van der Waals surface area contributed by atoms with Gasteiger partial charge in [-0.05, 0) is 25.1 Å². The molecular weight excluding hydrogens is 359 g/mol. The smallest absolute Gasteiger partial charge is 0.340 e. The number of rotatable bonds is 3. The summed E-state index contributed by atoms with van der Waals surface area (Å²) in [5.74, 6) is -0.572. The summed E-state index contributed by atoms with van der Waals surface area (Å²) in [5, 5.41) is 2.28. The number of hydrogen-bond acceptors (Lipinski definition) is 3. The van der Waals surface area contributed by atoms with Gasteiger partial charge in [0.15, 0.2) is 0 Å². The van der Waals surface area contributed by atoms with Gasteiger partial charge in [0, 0.05) is 38.1 Å². The Morgan fingerprint density at radius 3 is 2.32 bits per heavy atom. The molecule has 0 aliphatic carbocycles. The number of piperazine rings is 1. The highest BCUT2D eigenvalue weighted by Gasteiger charge is 2.35. The highest BCUT2D eigenvalue weighted by molar-refractivity contribution is 6.30. The van der Waals surface area contributed by atoms with Crippen LogP contribution in [-0.4, -0.2) is 53.8 Å². The summed E-state index contributed by atoms with van der Waals surface area (Å²) in [6.45, 7) is 5.05. The molecule has 1 unspecified atom stereocenters. The van der Waals surface area contributed by atoms with Gasteiger partial charge in [0.2, 0.25) is 11.8 Å². The molecule has 0 spiro atoms. The van der Waals surface area contributed by atoms with E-state index >= 15 is 0 Å². The summed E-state index contributed by atoms with van der Waals surface area (Å²) in [4.78, 5) is 27.2. The average molecular weight is 378 g/mol. The summed E-state index contributed by atoms with van der Waals surface area (Å²) in [5.41, 5.74) is -1.31. The lowest BCUT2D eigenvalue weighted by Gasteiger charge is -2.37. The van der Waals surface area contributed by atoms with E-state index < -0.39 is 23.7 Å². The maximum atomic E-state index is 13.1. The number of hydrogen-bond donors (Lipinski definition) is 1. The Kier molecular flexibility index (Phi) is 5.95. The van der Waals surface area contributed by atoms with Gasteiger partial charge >= 0.3 is 6.18 Å². The van der Waals surface area contributed by atoms with Crippen molar-refractivity contribution in [1.29, 1.82) is 0 Å². The van der Waals surface area contributed by atoms with Gasteiger partial charge in [-0.1, -0.05) is 11.6 Å².